The number of hydrogen-bond donors (Lipinski definition) is 6. The van der Waals surface area contributed by atoms with Crippen LogP contribution in [0.1, 0.15) is 138 Å². The Balaban J connectivity index is 1.39. The fraction of sp³-hybridized carbons (Fsp3) is 0.737. The Morgan fingerprint density at radius 1 is 0.883 bits per heavy atom. The van der Waals surface area contributed by atoms with Crippen molar-refractivity contribution < 1.29 is 53.0 Å². The highest BCUT2D eigenvalue weighted by atomic mass is 16.7. The van der Waals surface area contributed by atoms with Gasteiger partial charge in [0.05, 0.1) is 49.3 Å². The number of carboxylic acid groups (broad SMARTS) is 1. The molecule has 7 N–H and O–H groups in total. The second-order valence-electron chi connectivity index (χ2n) is 22.2. The van der Waals surface area contributed by atoms with Crippen molar-refractivity contribution in [2.45, 2.75) is 187 Å². The summed E-state index contributed by atoms with van der Waals surface area (Å²) in [5.41, 5.74) is 7.36. The molecule has 2 aliphatic heterocycles. The highest BCUT2D eigenvalue weighted by molar-refractivity contribution is 5.91. The van der Waals surface area contributed by atoms with E-state index in [1.807, 2.05) is 84.0 Å². The van der Waals surface area contributed by atoms with Crippen LogP contribution in [0.5, 0.6) is 0 Å². The Kier molecular flexibility index (Phi) is 26.8. The number of unbranched alkanes of at least 4 members (excludes halogenated alkanes) is 3. The number of aromatic amines is 1. The third kappa shape index (κ3) is 18.5. The van der Waals surface area contributed by atoms with Gasteiger partial charge < -0.3 is 51.0 Å². The Morgan fingerprint density at radius 3 is 2.25 bits per heavy atom. The Morgan fingerprint density at radius 2 is 1.61 bits per heavy atom. The van der Waals surface area contributed by atoms with E-state index >= 15 is 0 Å². The molecule has 2 saturated heterocycles. The molecule has 6 amide bonds. The highest BCUT2D eigenvalue weighted by Crippen LogP contribution is 2.30. The van der Waals surface area contributed by atoms with Gasteiger partial charge in [-0.15, -0.1) is 0 Å². The molecule has 434 valence electrons. The normalized spacial score (nSPS) is 18.6. The maximum absolute atomic E-state index is 14.7. The number of rotatable bonds is 33. The van der Waals surface area contributed by atoms with Gasteiger partial charge in [-0.25, -0.2) is 5.06 Å². The summed E-state index contributed by atoms with van der Waals surface area (Å²) >= 11 is 0. The second-order valence-corrected chi connectivity index (χ2v) is 22.2. The summed E-state index contributed by atoms with van der Waals surface area (Å²) in [5.74, 6) is -3.70. The number of H-pyrrole nitrogens is 1. The molecule has 20 nitrogen and oxygen atoms in total. The van der Waals surface area contributed by atoms with E-state index in [4.69, 9.17) is 25.2 Å². The molecule has 3 heterocycles. The first-order valence-corrected chi connectivity index (χ1v) is 28.3. The number of carboxylic acids is 1. The van der Waals surface area contributed by atoms with Gasteiger partial charge in [0.25, 0.3) is 5.91 Å². The van der Waals surface area contributed by atoms with E-state index in [1.165, 1.54) is 12.2 Å². The molecule has 0 unspecified atom stereocenters. The van der Waals surface area contributed by atoms with E-state index in [-0.39, 0.29) is 66.0 Å². The standard InChI is InChI=1S/C57H95N9O11/c1-12-38(6)51(64(9)56(72)49(36(2)3)62-54(70)50(37(4)5)63(8)29-19-13-14-27-47(67)59-28-18-17-24-42(58)57(73)74)46(75-10)34-48(68)65-30-22-26-45(65)52(76-11)39(7)53(69)61-44(55(71)66-31-20-21-32-77-66)33-40-35-60-43-25-16-15-23-41(40)43/h15-16,23,25,35-39,42,44-46,49-52,60H,12-14,17-22,24,26-34,58H2,1-11H3,(H,59,67)(H,61,69)(H,62,70)(H,73,74)/t38-,39+,42-,44-,45-,46+,49-,50-,51-,52+/m0/s1. The van der Waals surface area contributed by atoms with Crippen LogP contribution in [0, 0.1) is 23.7 Å². The first kappa shape index (κ1) is 64.4. The lowest BCUT2D eigenvalue weighted by Gasteiger charge is -2.41. The lowest BCUT2D eigenvalue weighted by Crippen LogP contribution is -2.60. The lowest BCUT2D eigenvalue weighted by atomic mass is 9.89. The topological polar surface area (TPSA) is 258 Å². The van der Waals surface area contributed by atoms with Crippen molar-refractivity contribution in [3.05, 3.63) is 36.0 Å². The number of nitrogens with zero attached hydrogens (tertiary/aromatic N) is 4. The number of aromatic nitrogens is 1. The fourth-order valence-electron chi connectivity index (χ4n) is 11.1. The molecule has 0 radical (unpaired) electrons. The minimum atomic E-state index is -1.03. The van der Waals surface area contributed by atoms with E-state index in [1.54, 1.807) is 30.9 Å². The summed E-state index contributed by atoms with van der Waals surface area (Å²) in [6, 6.07) is 3.64. The maximum atomic E-state index is 14.7. The molecule has 77 heavy (non-hydrogen) atoms. The van der Waals surface area contributed by atoms with Crippen molar-refractivity contribution in [3.63, 3.8) is 0 Å². The van der Waals surface area contributed by atoms with Gasteiger partial charge in [0, 0.05) is 70.8 Å². The molecule has 2 aliphatic rings. The third-order valence-electron chi connectivity index (χ3n) is 15.8. The average molecular weight is 1080 g/mol. The SMILES string of the molecule is CC[C@H](C)[C@@H]([C@@H](CC(=O)N1CCC[C@H]1[C@H](OC)[C@@H](C)C(=O)N[C@@H](Cc1c[nH]c2ccccc12)C(=O)N1CCCCO1)OC)N(C)C(=O)[C@@H](NC(=O)[C@H](C(C)C)N(C)CCCCCC(=O)NCCCC[C@H](N)C(=O)O)C(C)C. The average Bonchev–Trinajstić information content (AvgIpc) is 4.08. The summed E-state index contributed by atoms with van der Waals surface area (Å²) in [7, 11) is 6.71. The zero-order valence-corrected chi connectivity index (χ0v) is 48.1. The van der Waals surface area contributed by atoms with Crippen LogP contribution in [0.4, 0.5) is 0 Å². The largest absolute Gasteiger partial charge is 0.480 e. The number of likely N-dealkylation sites (tertiary alicyclic amines) is 1. The number of nitrogens with one attached hydrogen (secondary N) is 4. The molecule has 2 aromatic rings. The van der Waals surface area contributed by atoms with Crippen molar-refractivity contribution in [1.29, 1.82) is 0 Å². The third-order valence-corrected chi connectivity index (χ3v) is 15.8. The number of aliphatic carboxylic acids is 1. The number of amides is 6. The molecule has 20 heteroatoms. The van der Waals surface area contributed by atoms with Crippen molar-refractivity contribution in [1.82, 2.24) is 40.7 Å². The van der Waals surface area contributed by atoms with Crippen LogP contribution >= 0.6 is 0 Å². The number of ether oxygens (including phenoxy) is 2. The van der Waals surface area contributed by atoms with E-state index < -0.39 is 60.3 Å². The predicted molar refractivity (Wildman–Crippen MR) is 296 cm³/mol. The van der Waals surface area contributed by atoms with Crippen LogP contribution in [0.3, 0.4) is 0 Å². The van der Waals surface area contributed by atoms with Gasteiger partial charge in [-0.2, -0.15) is 0 Å². The Labute approximate surface area is 457 Å². The molecule has 10 atom stereocenters. The number of carbonyl (C=O) groups excluding carboxylic acids is 6. The molecule has 1 aromatic carbocycles. The number of fused-ring (bicyclic) bond motifs is 1. The number of benzene rings is 1. The molecule has 0 bridgehead atoms. The summed E-state index contributed by atoms with van der Waals surface area (Å²) in [6.07, 6.45) is 8.52. The number of methoxy groups -OCH3 is 2. The van der Waals surface area contributed by atoms with Crippen molar-refractivity contribution >= 4 is 52.3 Å². The molecule has 0 aliphatic carbocycles. The summed E-state index contributed by atoms with van der Waals surface area (Å²) in [6.45, 7) is 16.0. The number of hydroxylamine groups is 2. The van der Waals surface area contributed by atoms with Crippen LogP contribution in [-0.4, -0.2) is 181 Å². The fourth-order valence-corrected chi connectivity index (χ4v) is 11.1. The number of para-hydroxylation sites is 1. The van der Waals surface area contributed by atoms with Crippen LogP contribution in [0.2, 0.25) is 0 Å². The van der Waals surface area contributed by atoms with E-state index in [0.29, 0.717) is 84.2 Å². The molecule has 2 fully saturated rings. The second kappa shape index (κ2) is 32.1. The molecular formula is C57H95N9O11. The van der Waals surface area contributed by atoms with Crippen molar-refractivity contribution in [3.8, 4) is 0 Å². The number of hydrogen-bond acceptors (Lipinski definition) is 12. The summed E-state index contributed by atoms with van der Waals surface area (Å²) < 4.78 is 12.2. The van der Waals surface area contributed by atoms with Crippen LogP contribution in [-0.2, 0) is 54.3 Å². The minimum Gasteiger partial charge on any atom is -0.480 e. The number of carbonyl (C=O) groups is 7. The number of nitrogens with two attached hydrogens (primary N) is 1. The summed E-state index contributed by atoms with van der Waals surface area (Å²) in [4.78, 5) is 110. The van der Waals surface area contributed by atoms with Crippen LogP contribution in [0.25, 0.3) is 10.9 Å². The van der Waals surface area contributed by atoms with Gasteiger partial charge in [0.15, 0.2) is 0 Å². The van der Waals surface area contributed by atoms with E-state index in [0.717, 1.165) is 42.1 Å². The van der Waals surface area contributed by atoms with E-state index in [2.05, 4.69) is 20.9 Å². The van der Waals surface area contributed by atoms with Gasteiger partial charge in [-0.1, -0.05) is 79.5 Å². The predicted octanol–water partition coefficient (Wildman–Crippen LogP) is 5.03. The molecular weight excluding hydrogens is 987 g/mol. The Hall–Kier alpha value is -5.15. The molecule has 0 spiro atoms. The zero-order valence-electron chi connectivity index (χ0n) is 48.1. The minimum absolute atomic E-state index is 0.0387. The van der Waals surface area contributed by atoms with Crippen LogP contribution in [0.15, 0.2) is 30.5 Å². The molecule has 1 aromatic heterocycles. The molecule has 0 saturated carbocycles. The first-order valence-electron chi connectivity index (χ1n) is 28.3. The molecule has 4 rings (SSSR count). The van der Waals surface area contributed by atoms with Gasteiger partial charge in [0.2, 0.25) is 29.5 Å². The van der Waals surface area contributed by atoms with Crippen molar-refractivity contribution in [2.75, 3.05) is 61.1 Å². The maximum Gasteiger partial charge on any atom is 0.320 e. The van der Waals surface area contributed by atoms with Crippen molar-refractivity contribution in [2.24, 2.45) is 29.4 Å². The Bertz CT molecular complexity index is 2200. The van der Waals surface area contributed by atoms with Gasteiger partial charge in [-0.05, 0) is 101 Å². The van der Waals surface area contributed by atoms with E-state index in [9.17, 15) is 33.6 Å². The zero-order chi connectivity index (χ0) is 56.9. The number of likely N-dealkylation sites (N-methyl/N-ethyl adjacent to an activating group) is 2. The quantitative estimate of drug-likeness (QED) is 0.0514. The summed E-state index contributed by atoms with van der Waals surface area (Å²) in [5, 5.41) is 20.3. The monoisotopic (exact) mass is 1080 g/mol. The smallest absolute Gasteiger partial charge is 0.320 e. The van der Waals surface area contributed by atoms with Crippen LogP contribution < -0.4 is 21.7 Å². The van der Waals surface area contributed by atoms with Gasteiger partial charge >= 0.3 is 5.97 Å². The lowest BCUT2D eigenvalue weighted by molar-refractivity contribution is -0.199. The first-order chi connectivity index (χ1) is 36.7. The van der Waals surface area contributed by atoms with Gasteiger partial charge in [0.1, 0.15) is 18.1 Å². The van der Waals surface area contributed by atoms with Gasteiger partial charge in [-0.3, -0.25) is 43.3 Å². The highest BCUT2D eigenvalue weighted by Gasteiger charge is 2.44.